The van der Waals surface area contributed by atoms with E-state index in [1.165, 1.54) is 25.7 Å². The Labute approximate surface area is 189 Å². The molecule has 0 aliphatic rings. The van der Waals surface area contributed by atoms with Crippen LogP contribution in [0.4, 0.5) is 0 Å². The van der Waals surface area contributed by atoms with E-state index in [1.54, 1.807) is 6.08 Å². The first-order valence-electron chi connectivity index (χ1n) is 11.9. The lowest BCUT2D eigenvalue weighted by molar-refractivity contribution is -0.131. The van der Waals surface area contributed by atoms with E-state index in [-0.39, 0.29) is 0 Å². The van der Waals surface area contributed by atoms with E-state index in [4.69, 9.17) is 0 Å². The van der Waals surface area contributed by atoms with Crippen molar-refractivity contribution in [2.45, 2.75) is 103 Å². The zero-order chi connectivity index (χ0) is 23.2. The van der Waals surface area contributed by atoms with E-state index in [2.05, 4.69) is 36.5 Å². The Balaban J connectivity index is 4.12. The van der Waals surface area contributed by atoms with E-state index >= 15 is 0 Å². The second kappa shape index (κ2) is 21.5. The number of amides is 1. The Morgan fingerprint density at radius 1 is 0.839 bits per heavy atom. The Hall–Kier alpha value is -1.69. The van der Waals surface area contributed by atoms with Crippen molar-refractivity contribution in [2.75, 3.05) is 6.61 Å². The number of allylic oxidation sites excluding steroid dienone is 7. The molecule has 5 heteroatoms. The van der Waals surface area contributed by atoms with Gasteiger partial charge in [0.25, 0.3) is 0 Å². The molecule has 0 heterocycles. The SMILES string of the molecule is C/C=C/CC/C=C/CC/C=C/C(O)C(CO)NC(=O)C(O)CC/C=C\CCCCCC. The minimum atomic E-state index is -1.15. The van der Waals surface area contributed by atoms with Crippen LogP contribution in [-0.2, 0) is 4.79 Å². The van der Waals surface area contributed by atoms with Gasteiger partial charge in [-0.05, 0) is 58.3 Å². The Kier molecular flexibility index (Phi) is 20.4. The summed E-state index contributed by atoms with van der Waals surface area (Å²) >= 11 is 0. The van der Waals surface area contributed by atoms with Gasteiger partial charge in [0.2, 0.25) is 5.91 Å². The summed E-state index contributed by atoms with van der Waals surface area (Å²) in [6.45, 7) is 3.80. The topological polar surface area (TPSA) is 89.8 Å². The van der Waals surface area contributed by atoms with Gasteiger partial charge in [0.05, 0.1) is 18.8 Å². The minimum Gasteiger partial charge on any atom is -0.394 e. The zero-order valence-corrected chi connectivity index (χ0v) is 19.6. The van der Waals surface area contributed by atoms with Crippen molar-refractivity contribution in [1.82, 2.24) is 5.32 Å². The summed E-state index contributed by atoms with van der Waals surface area (Å²) in [5.41, 5.74) is 0. The number of aliphatic hydroxyl groups excluding tert-OH is 3. The van der Waals surface area contributed by atoms with Crippen LogP contribution in [0.15, 0.2) is 48.6 Å². The smallest absolute Gasteiger partial charge is 0.249 e. The van der Waals surface area contributed by atoms with Crippen LogP contribution in [-0.4, -0.2) is 46.1 Å². The lowest BCUT2D eigenvalue weighted by Gasteiger charge is -2.21. The molecule has 31 heavy (non-hydrogen) atoms. The fourth-order valence-electron chi connectivity index (χ4n) is 2.98. The highest BCUT2D eigenvalue weighted by Gasteiger charge is 2.22. The minimum absolute atomic E-state index is 0.321. The molecule has 0 aromatic heterocycles. The summed E-state index contributed by atoms with van der Waals surface area (Å²) in [6.07, 6.45) is 24.4. The zero-order valence-electron chi connectivity index (χ0n) is 19.6. The molecule has 0 fully saturated rings. The molecule has 0 aromatic carbocycles. The molecule has 0 aliphatic carbocycles. The summed E-state index contributed by atoms with van der Waals surface area (Å²) in [5, 5.41) is 32.2. The molecule has 0 saturated carbocycles. The average Bonchev–Trinajstić information content (AvgIpc) is 2.77. The maximum atomic E-state index is 12.1. The molecule has 3 unspecified atom stereocenters. The normalized spacial score (nSPS) is 15.4. The molecule has 5 nitrogen and oxygen atoms in total. The van der Waals surface area contributed by atoms with E-state index in [0.29, 0.717) is 12.8 Å². The predicted octanol–water partition coefficient (Wildman–Crippen LogP) is 4.74. The number of hydrogen-bond acceptors (Lipinski definition) is 4. The van der Waals surface area contributed by atoms with E-state index in [1.807, 2.05) is 25.2 Å². The highest BCUT2D eigenvalue weighted by atomic mass is 16.3. The molecule has 1 amide bonds. The first-order valence-corrected chi connectivity index (χ1v) is 11.9. The number of unbranched alkanes of at least 4 members (excludes halogenated alkanes) is 6. The molecular formula is C26H45NO4. The number of carbonyl (C=O) groups excluding carboxylic acids is 1. The standard InChI is InChI=1S/C26H45NO4/c1-3-5-7-9-11-13-15-16-18-20-24(29)23(22-28)27-26(31)25(30)21-19-17-14-12-10-8-6-4-2/h3,5,11,13-14,17-18,20,23-25,28-30H,4,6-10,12,15-16,19,21-22H2,1-2H3,(H,27,31)/b5-3+,13-11+,17-14-,20-18+. The number of carbonyl (C=O) groups is 1. The predicted molar refractivity (Wildman–Crippen MR) is 130 cm³/mol. The lowest BCUT2D eigenvalue weighted by Crippen LogP contribution is -2.48. The van der Waals surface area contributed by atoms with Gasteiger partial charge in [0.15, 0.2) is 0 Å². The van der Waals surface area contributed by atoms with Crippen LogP contribution in [0.3, 0.4) is 0 Å². The van der Waals surface area contributed by atoms with E-state index in [0.717, 1.165) is 32.1 Å². The summed E-state index contributed by atoms with van der Waals surface area (Å²) in [4.78, 5) is 12.1. The molecule has 0 rings (SSSR count). The number of nitrogens with one attached hydrogen (secondary N) is 1. The van der Waals surface area contributed by atoms with Crippen LogP contribution >= 0.6 is 0 Å². The average molecular weight is 436 g/mol. The molecule has 0 saturated heterocycles. The van der Waals surface area contributed by atoms with Gasteiger partial charge in [-0.15, -0.1) is 0 Å². The van der Waals surface area contributed by atoms with Gasteiger partial charge >= 0.3 is 0 Å². The van der Waals surface area contributed by atoms with Crippen molar-refractivity contribution in [3.63, 3.8) is 0 Å². The fourth-order valence-corrected chi connectivity index (χ4v) is 2.98. The van der Waals surface area contributed by atoms with Crippen LogP contribution in [0.25, 0.3) is 0 Å². The summed E-state index contributed by atoms with van der Waals surface area (Å²) in [5.74, 6) is -0.563. The van der Waals surface area contributed by atoms with Gasteiger partial charge in [0, 0.05) is 0 Å². The highest BCUT2D eigenvalue weighted by Crippen LogP contribution is 2.06. The molecule has 0 spiro atoms. The fraction of sp³-hybridized carbons (Fsp3) is 0.654. The molecule has 0 aliphatic heterocycles. The monoisotopic (exact) mass is 435 g/mol. The second-order valence-electron chi connectivity index (χ2n) is 7.83. The van der Waals surface area contributed by atoms with Gasteiger partial charge in [-0.2, -0.15) is 0 Å². The van der Waals surface area contributed by atoms with Gasteiger partial charge in [-0.3, -0.25) is 4.79 Å². The number of rotatable bonds is 19. The maximum absolute atomic E-state index is 12.1. The molecule has 0 aromatic rings. The maximum Gasteiger partial charge on any atom is 0.249 e. The van der Waals surface area contributed by atoms with Crippen molar-refractivity contribution in [3.05, 3.63) is 48.6 Å². The first kappa shape index (κ1) is 29.3. The van der Waals surface area contributed by atoms with Crippen molar-refractivity contribution in [2.24, 2.45) is 0 Å². The summed E-state index contributed by atoms with van der Waals surface area (Å²) < 4.78 is 0. The molecule has 3 atom stereocenters. The molecule has 178 valence electrons. The number of aliphatic hydroxyl groups is 3. The van der Waals surface area contributed by atoms with Crippen molar-refractivity contribution in [3.8, 4) is 0 Å². The molecule has 0 radical (unpaired) electrons. The highest BCUT2D eigenvalue weighted by molar-refractivity contribution is 5.80. The van der Waals surface area contributed by atoms with Crippen LogP contribution < -0.4 is 5.32 Å². The van der Waals surface area contributed by atoms with E-state index < -0.39 is 30.8 Å². The first-order chi connectivity index (χ1) is 15.1. The van der Waals surface area contributed by atoms with Gasteiger partial charge < -0.3 is 20.6 Å². The number of hydrogen-bond donors (Lipinski definition) is 4. The van der Waals surface area contributed by atoms with Crippen molar-refractivity contribution in [1.29, 1.82) is 0 Å². The molecular weight excluding hydrogens is 390 g/mol. The molecule has 0 bridgehead atoms. The second-order valence-corrected chi connectivity index (χ2v) is 7.83. The Morgan fingerprint density at radius 3 is 2.10 bits per heavy atom. The van der Waals surface area contributed by atoms with Gasteiger partial charge in [0.1, 0.15) is 6.10 Å². The summed E-state index contributed by atoms with van der Waals surface area (Å²) in [7, 11) is 0. The van der Waals surface area contributed by atoms with Crippen LogP contribution in [0.5, 0.6) is 0 Å². The molecule has 4 N–H and O–H groups in total. The third kappa shape index (κ3) is 17.7. The van der Waals surface area contributed by atoms with Crippen molar-refractivity contribution < 1.29 is 20.1 Å². The quantitative estimate of drug-likeness (QED) is 0.174. The third-order valence-electron chi connectivity index (χ3n) is 4.97. The Bertz CT molecular complexity index is 540. The van der Waals surface area contributed by atoms with Crippen LogP contribution in [0.2, 0.25) is 0 Å². The summed E-state index contributed by atoms with van der Waals surface area (Å²) in [6, 6.07) is -0.830. The third-order valence-corrected chi connectivity index (χ3v) is 4.97. The van der Waals surface area contributed by atoms with Gasteiger partial charge in [-0.1, -0.05) is 74.8 Å². The van der Waals surface area contributed by atoms with E-state index in [9.17, 15) is 20.1 Å². The largest absolute Gasteiger partial charge is 0.394 e. The van der Waals surface area contributed by atoms with Crippen LogP contribution in [0.1, 0.15) is 84.5 Å². The van der Waals surface area contributed by atoms with Crippen molar-refractivity contribution >= 4 is 5.91 Å². The van der Waals surface area contributed by atoms with Crippen LogP contribution in [0, 0.1) is 0 Å². The lowest BCUT2D eigenvalue weighted by atomic mass is 10.1. The van der Waals surface area contributed by atoms with Gasteiger partial charge in [-0.25, -0.2) is 0 Å². The Morgan fingerprint density at radius 2 is 1.45 bits per heavy atom.